The summed E-state index contributed by atoms with van der Waals surface area (Å²) in [5, 5.41) is 1.95. The van der Waals surface area contributed by atoms with E-state index in [2.05, 4.69) is 5.32 Å². The molecule has 2 amide bonds. The van der Waals surface area contributed by atoms with Crippen LogP contribution in [-0.2, 0) is 15.8 Å². The number of amides is 2. The third-order valence-corrected chi connectivity index (χ3v) is 3.43. The highest BCUT2D eigenvalue weighted by molar-refractivity contribution is 6.31. The molecule has 1 aromatic rings. The smallest absolute Gasteiger partial charge is 0.342 e. The van der Waals surface area contributed by atoms with E-state index in [1.54, 1.807) is 0 Å². The van der Waals surface area contributed by atoms with E-state index in [0.717, 1.165) is 18.6 Å². The van der Waals surface area contributed by atoms with E-state index < -0.39 is 22.7 Å². The number of nitrogens with one attached hydrogen (secondary N) is 1. The number of benzene rings is 1. The van der Waals surface area contributed by atoms with Crippen LogP contribution in [-0.4, -0.2) is 29.8 Å². The summed E-state index contributed by atoms with van der Waals surface area (Å²) in [6.45, 7) is 4.06. The zero-order chi connectivity index (χ0) is 17.6. The van der Waals surface area contributed by atoms with E-state index in [4.69, 9.17) is 11.6 Å². The van der Waals surface area contributed by atoms with E-state index >= 15 is 0 Å². The van der Waals surface area contributed by atoms with Crippen molar-refractivity contribution in [2.75, 3.05) is 18.4 Å². The lowest BCUT2D eigenvalue weighted by molar-refractivity contribution is -0.137. The third kappa shape index (κ3) is 6.09. The molecule has 1 rings (SSSR count). The lowest BCUT2D eigenvalue weighted by Gasteiger charge is -2.20. The van der Waals surface area contributed by atoms with Gasteiger partial charge in [-0.2, -0.15) is 13.2 Å². The lowest BCUT2D eigenvalue weighted by atomic mass is 10.2. The number of halogens is 4. The Morgan fingerprint density at radius 2 is 1.91 bits per heavy atom. The average molecular weight is 351 g/mol. The van der Waals surface area contributed by atoms with Crippen molar-refractivity contribution < 1.29 is 22.8 Å². The average Bonchev–Trinajstić information content (AvgIpc) is 2.44. The van der Waals surface area contributed by atoms with Crippen molar-refractivity contribution in [2.45, 2.75) is 32.9 Å². The number of rotatable bonds is 6. The maximum Gasteiger partial charge on any atom is 0.417 e. The summed E-state index contributed by atoms with van der Waals surface area (Å²) in [7, 11) is 0. The number of anilines is 1. The van der Waals surface area contributed by atoms with Crippen molar-refractivity contribution >= 4 is 29.1 Å². The number of hydrogen-bond donors (Lipinski definition) is 1. The highest BCUT2D eigenvalue weighted by atomic mass is 35.5. The third-order valence-electron chi connectivity index (χ3n) is 3.10. The predicted molar refractivity (Wildman–Crippen MR) is 82.2 cm³/mol. The van der Waals surface area contributed by atoms with Crippen molar-refractivity contribution in [3.63, 3.8) is 0 Å². The molecule has 4 nitrogen and oxygen atoms in total. The van der Waals surface area contributed by atoms with Crippen LogP contribution in [0.2, 0.25) is 5.02 Å². The van der Waals surface area contributed by atoms with Crippen LogP contribution >= 0.6 is 11.6 Å². The minimum Gasteiger partial charge on any atom is -0.342 e. The number of carbonyl (C=O) groups is 2. The Morgan fingerprint density at radius 1 is 1.26 bits per heavy atom. The molecule has 23 heavy (non-hydrogen) atoms. The standard InChI is InChI=1S/C15H18ClF3N2O2/c1-3-7-21(10(2)22)8-6-14(23)20-11-4-5-13(16)12(9-11)15(17,18)19/h4-5,9H,3,6-8H2,1-2H3,(H,20,23). The van der Waals surface area contributed by atoms with Crippen LogP contribution in [0.4, 0.5) is 18.9 Å². The highest BCUT2D eigenvalue weighted by Crippen LogP contribution is 2.36. The molecule has 0 bridgehead atoms. The maximum absolute atomic E-state index is 12.8. The molecule has 0 radical (unpaired) electrons. The monoisotopic (exact) mass is 350 g/mol. The van der Waals surface area contributed by atoms with Gasteiger partial charge in [-0.1, -0.05) is 18.5 Å². The topological polar surface area (TPSA) is 49.4 Å². The van der Waals surface area contributed by atoms with E-state index in [0.29, 0.717) is 6.54 Å². The van der Waals surface area contributed by atoms with Gasteiger partial charge in [0, 0.05) is 32.1 Å². The van der Waals surface area contributed by atoms with E-state index in [1.165, 1.54) is 17.9 Å². The zero-order valence-corrected chi connectivity index (χ0v) is 13.6. The molecule has 0 aromatic heterocycles. The first kappa shape index (κ1) is 19.3. The second-order valence-electron chi connectivity index (χ2n) is 5.00. The largest absolute Gasteiger partial charge is 0.417 e. The lowest BCUT2D eigenvalue weighted by Crippen LogP contribution is -2.32. The molecule has 128 valence electrons. The summed E-state index contributed by atoms with van der Waals surface area (Å²) < 4.78 is 38.3. The SMILES string of the molecule is CCCN(CCC(=O)Nc1ccc(Cl)c(C(F)(F)F)c1)C(C)=O. The van der Waals surface area contributed by atoms with Crippen LogP contribution in [0.3, 0.4) is 0 Å². The van der Waals surface area contributed by atoms with Crippen molar-refractivity contribution in [1.82, 2.24) is 4.90 Å². The van der Waals surface area contributed by atoms with Gasteiger partial charge in [0.15, 0.2) is 0 Å². The second kappa shape index (κ2) is 8.19. The van der Waals surface area contributed by atoms with Crippen molar-refractivity contribution in [2.24, 2.45) is 0 Å². The fourth-order valence-electron chi connectivity index (χ4n) is 1.98. The van der Waals surface area contributed by atoms with E-state index in [1.807, 2.05) is 6.92 Å². The minimum atomic E-state index is -4.59. The molecule has 8 heteroatoms. The van der Waals surface area contributed by atoms with Gasteiger partial charge in [0.1, 0.15) is 0 Å². The van der Waals surface area contributed by atoms with E-state index in [9.17, 15) is 22.8 Å². The quantitative estimate of drug-likeness (QED) is 0.844. The molecule has 0 aliphatic carbocycles. The number of nitrogens with zero attached hydrogens (tertiary/aromatic N) is 1. The molecular weight excluding hydrogens is 333 g/mol. The van der Waals surface area contributed by atoms with Crippen molar-refractivity contribution in [3.05, 3.63) is 28.8 Å². The van der Waals surface area contributed by atoms with Gasteiger partial charge in [-0.25, -0.2) is 0 Å². The second-order valence-corrected chi connectivity index (χ2v) is 5.40. The Labute approximate surface area is 137 Å². The molecular formula is C15H18ClF3N2O2. The summed E-state index contributed by atoms with van der Waals surface area (Å²) in [6.07, 6.45) is -3.83. The van der Waals surface area contributed by atoms with Gasteiger partial charge >= 0.3 is 6.18 Å². The van der Waals surface area contributed by atoms with Gasteiger partial charge in [0.25, 0.3) is 0 Å². The fourth-order valence-corrected chi connectivity index (χ4v) is 2.20. The van der Waals surface area contributed by atoms with Gasteiger partial charge < -0.3 is 10.2 Å². The Balaban J connectivity index is 2.69. The molecule has 0 heterocycles. The van der Waals surface area contributed by atoms with Gasteiger partial charge in [0.2, 0.25) is 11.8 Å². The summed E-state index contributed by atoms with van der Waals surface area (Å²) in [4.78, 5) is 24.7. The molecule has 0 saturated carbocycles. The van der Waals surface area contributed by atoms with Crippen LogP contribution in [0.1, 0.15) is 32.3 Å². The molecule has 0 aliphatic rings. The number of hydrogen-bond acceptors (Lipinski definition) is 2. The van der Waals surface area contributed by atoms with Crippen LogP contribution in [0, 0.1) is 0 Å². The molecule has 0 atom stereocenters. The minimum absolute atomic E-state index is 0.00353. The van der Waals surface area contributed by atoms with Gasteiger partial charge in [-0.05, 0) is 24.6 Å². The Kier molecular flexibility index (Phi) is 6.87. The van der Waals surface area contributed by atoms with Crippen LogP contribution in [0.15, 0.2) is 18.2 Å². The van der Waals surface area contributed by atoms with Crippen LogP contribution in [0.5, 0.6) is 0 Å². The molecule has 0 saturated heterocycles. The van der Waals surface area contributed by atoms with Gasteiger partial charge in [0.05, 0.1) is 10.6 Å². The zero-order valence-electron chi connectivity index (χ0n) is 12.8. The predicted octanol–water partition coefficient (Wildman–Crippen LogP) is 3.95. The normalized spacial score (nSPS) is 11.2. The molecule has 0 spiro atoms. The van der Waals surface area contributed by atoms with Gasteiger partial charge in [-0.3, -0.25) is 9.59 Å². The molecule has 0 unspecified atom stereocenters. The number of alkyl halides is 3. The summed E-state index contributed by atoms with van der Waals surface area (Å²) in [5.74, 6) is -0.617. The summed E-state index contributed by atoms with van der Waals surface area (Å²) >= 11 is 5.51. The molecule has 0 aliphatic heterocycles. The molecule has 0 fully saturated rings. The summed E-state index contributed by atoms with van der Waals surface area (Å²) in [5.41, 5.74) is -0.995. The number of carbonyl (C=O) groups excluding carboxylic acids is 2. The highest BCUT2D eigenvalue weighted by Gasteiger charge is 2.33. The Bertz CT molecular complexity index is 576. The Morgan fingerprint density at radius 3 is 2.43 bits per heavy atom. The van der Waals surface area contributed by atoms with Crippen LogP contribution in [0.25, 0.3) is 0 Å². The first-order chi connectivity index (χ1) is 10.6. The maximum atomic E-state index is 12.8. The first-order valence-corrected chi connectivity index (χ1v) is 7.45. The van der Waals surface area contributed by atoms with Crippen LogP contribution < -0.4 is 5.32 Å². The Hall–Kier alpha value is -1.76. The summed E-state index contributed by atoms with van der Waals surface area (Å²) in [6, 6.07) is 3.16. The first-order valence-electron chi connectivity index (χ1n) is 7.07. The van der Waals surface area contributed by atoms with E-state index in [-0.39, 0.29) is 24.6 Å². The van der Waals surface area contributed by atoms with Crippen molar-refractivity contribution in [1.29, 1.82) is 0 Å². The van der Waals surface area contributed by atoms with Gasteiger partial charge in [-0.15, -0.1) is 0 Å². The van der Waals surface area contributed by atoms with Crippen molar-refractivity contribution in [3.8, 4) is 0 Å². The molecule has 1 N–H and O–H groups in total. The fraction of sp³-hybridized carbons (Fsp3) is 0.467. The molecule has 1 aromatic carbocycles.